The maximum Gasteiger partial charge on any atom is 0.257 e. The summed E-state index contributed by atoms with van der Waals surface area (Å²) >= 11 is 1.43. The fourth-order valence-electron chi connectivity index (χ4n) is 7.87. The van der Waals surface area contributed by atoms with E-state index in [0.29, 0.717) is 64.6 Å². The first-order chi connectivity index (χ1) is 24.8. The van der Waals surface area contributed by atoms with Gasteiger partial charge in [0.25, 0.3) is 5.91 Å². The molecule has 0 spiro atoms. The summed E-state index contributed by atoms with van der Waals surface area (Å²) in [6.07, 6.45) is 3.09. The van der Waals surface area contributed by atoms with Crippen molar-refractivity contribution in [3.8, 4) is 27.6 Å². The first-order valence-electron chi connectivity index (χ1n) is 16.9. The number of aromatic nitrogens is 4. The summed E-state index contributed by atoms with van der Waals surface area (Å²) in [6, 6.07) is 12.3. The van der Waals surface area contributed by atoms with Crippen molar-refractivity contribution in [3.05, 3.63) is 106 Å². The highest BCUT2D eigenvalue weighted by Gasteiger charge is 2.45. The van der Waals surface area contributed by atoms with Crippen molar-refractivity contribution >= 4 is 33.1 Å². The summed E-state index contributed by atoms with van der Waals surface area (Å²) < 4.78 is 56.0. The summed E-state index contributed by atoms with van der Waals surface area (Å²) in [5.74, 6) is 0.224. The Morgan fingerprint density at radius 2 is 1.90 bits per heavy atom. The molecule has 4 aromatic heterocycles. The highest BCUT2D eigenvalue weighted by molar-refractivity contribution is 7.23. The highest BCUT2D eigenvalue weighted by atomic mass is 32.1. The number of fused-ring (bicyclic) bond motifs is 5. The van der Waals surface area contributed by atoms with Crippen LogP contribution in [0.2, 0.25) is 0 Å². The molecule has 6 aromatic rings. The number of halogens is 3. The summed E-state index contributed by atoms with van der Waals surface area (Å²) in [5, 5.41) is 12.7. The average Bonchev–Trinajstić information content (AvgIpc) is 3.96. The first kappa shape index (κ1) is 31.7. The van der Waals surface area contributed by atoms with E-state index in [4.69, 9.17) is 14.1 Å². The molecule has 258 valence electrons. The molecule has 9 rings (SSSR count). The minimum atomic E-state index is -1.34. The van der Waals surface area contributed by atoms with Gasteiger partial charge in [-0.2, -0.15) is 0 Å². The molecule has 6 heterocycles. The monoisotopic (exact) mass is 708 g/mol. The number of nitrogens with one attached hydrogen (secondary N) is 1. The van der Waals surface area contributed by atoms with Gasteiger partial charge in [-0.05, 0) is 72.5 Å². The summed E-state index contributed by atoms with van der Waals surface area (Å²) in [7, 11) is 1.38. The molecule has 1 saturated heterocycles. The minimum Gasteiger partial charge on any atom is -0.493 e. The molecule has 1 unspecified atom stereocenters. The van der Waals surface area contributed by atoms with E-state index in [9.17, 15) is 13.6 Å². The van der Waals surface area contributed by atoms with Crippen LogP contribution in [0, 0.1) is 18.6 Å². The largest absolute Gasteiger partial charge is 0.493 e. The molecule has 3 atom stereocenters. The number of methoxy groups -OCH3 is 1. The van der Waals surface area contributed by atoms with Crippen LogP contribution < -0.4 is 10.1 Å². The van der Waals surface area contributed by atoms with Gasteiger partial charge in [0.15, 0.2) is 11.6 Å². The van der Waals surface area contributed by atoms with Crippen LogP contribution in [0.5, 0.6) is 5.75 Å². The van der Waals surface area contributed by atoms with Crippen LogP contribution >= 0.6 is 11.3 Å². The van der Waals surface area contributed by atoms with Gasteiger partial charge < -0.3 is 19.4 Å². The van der Waals surface area contributed by atoms with Crippen molar-refractivity contribution in [1.82, 2.24) is 25.1 Å². The third-order valence-corrected chi connectivity index (χ3v) is 11.3. The average molecular weight is 709 g/mol. The number of benzene rings is 2. The second kappa shape index (κ2) is 12.2. The van der Waals surface area contributed by atoms with Crippen LogP contribution in [-0.4, -0.2) is 50.8 Å². The second-order valence-corrected chi connectivity index (χ2v) is 14.2. The fraction of sp³-hybridized carbons (Fsp3) is 0.289. The Balaban J connectivity index is 1.20. The number of hydrogen-bond donors (Lipinski definition) is 1. The van der Waals surface area contributed by atoms with Crippen LogP contribution in [0.1, 0.15) is 69.3 Å². The maximum atomic E-state index is 15.6. The summed E-state index contributed by atoms with van der Waals surface area (Å²) in [4.78, 5) is 26.7. The molecule has 1 aliphatic carbocycles. The lowest BCUT2D eigenvalue weighted by Gasteiger charge is -2.18. The van der Waals surface area contributed by atoms with Crippen molar-refractivity contribution in [2.45, 2.75) is 57.3 Å². The van der Waals surface area contributed by atoms with Gasteiger partial charge in [-0.25, -0.2) is 18.2 Å². The van der Waals surface area contributed by atoms with Crippen LogP contribution in [0.15, 0.2) is 59.1 Å². The van der Waals surface area contributed by atoms with Gasteiger partial charge in [-0.15, -0.1) is 21.5 Å². The van der Waals surface area contributed by atoms with Crippen molar-refractivity contribution in [2.75, 3.05) is 19.0 Å². The van der Waals surface area contributed by atoms with Crippen molar-refractivity contribution in [1.29, 1.82) is 0 Å². The number of nitrogens with zero attached hydrogens (tertiary/aromatic N) is 5. The van der Waals surface area contributed by atoms with Crippen molar-refractivity contribution in [2.24, 2.45) is 0 Å². The highest BCUT2D eigenvalue weighted by Crippen LogP contribution is 2.51. The summed E-state index contributed by atoms with van der Waals surface area (Å²) in [6.45, 7) is 2.36. The number of rotatable bonds is 8. The number of amides is 1. The van der Waals surface area contributed by atoms with Crippen LogP contribution in [0.3, 0.4) is 0 Å². The number of anilines is 1. The van der Waals surface area contributed by atoms with Gasteiger partial charge >= 0.3 is 0 Å². The zero-order valence-corrected chi connectivity index (χ0v) is 28.5. The molecule has 13 heteroatoms. The normalized spacial score (nSPS) is 19.1. The second-order valence-electron chi connectivity index (χ2n) is 13.2. The zero-order chi connectivity index (χ0) is 35.0. The third-order valence-electron chi connectivity index (χ3n) is 10.2. The molecule has 2 aromatic carbocycles. The SMILES string of the molecule is COc1c(F)ccc2c1C[C@H](F)[C@H]2Nc1nccc2cc(-c3c4c(nc(CCc5ccc(F)cc5)c3-c3nnc(C)o3)C3CCCN3C4=O)sc12. The maximum absolute atomic E-state index is 15.6. The number of aryl methyl sites for hydroxylation is 3. The molecule has 51 heavy (non-hydrogen) atoms. The van der Waals surface area contributed by atoms with Crippen LogP contribution in [0.4, 0.5) is 19.0 Å². The van der Waals surface area contributed by atoms with Gasteiger partial charge in [-0.1, -0.05) is 18.2 Å². The number of pyridine rings is 2. The topological polar surface area (TPSA) is 106 Å². The number of alkyl halides is 1. The Bertz CT molecular complexity index is 2360. The number of ether oxygens (including phenoxy) is 1. The van der Waals surface area contributed by atoms with Gasteiger partial charge in [0.2, 0.25) is 11.8 Å². The Kier molecular flexibility index (Phi) is 7.57. The number of carbonyl (C=O) groups excluding carboxylic acids is 1. The Morgan fingerprint density at radius 1 is 1.06 bits per heavy atom. The first-order valence-corrected chi connectivity index (χ1v) is 17.7. The van der Waals surface area contributed by atoms with E-state index in [0.717, 1.165) is 39.1 Å². The van der Waals surface area contributed by atoms with Crippen LogP contribution in [0.25, 0.3) is 32.0 Å². The van der Waals surface area contributed by atoms with E-state index in [2.05, 4.69) is 20.5 Å². The molecular formula is C38H31F3N6O3S. The van der Waals surface area contributed by atoms with Crippen molar-refractivity contribution < 1.29 is 27.1 Å². The number of thiophene rings is 1. The quantitative estimate of drug-likeness (QED) is 0.169. The summed E-state index contributed by atoms with van der Waals surface area (Å²) in [5.41, 5.74) is 5.27. The van der Waals surface area contributed by atoms with Gasteiger partial charge in [0.05, 0.1) is 46.4 Å². The smallest absolute Gasteiger partial charge is 0.257 e. The third kappa shape index (κ3) is 5.16. The molecule has 1 fully saturated rings. The van der Waals surface area contributed by atoms with Gasteiger partial charge in [0.1, 0.15) is 17.8 Å². The van der Waals surface area contributed by atoms with E-state index in [1.807, 2.05) is 17.0 Å². The zero-order valence-electron chi connectivity index (χ0n) is 27.7. The van der Waals surface area contributed by atoms with E-state index in [-0.39, 0.29) is 35.8 Å². The minimum absolute atomic E-state index is 0.0101. The molecule has 0 radical (unpaired) electrons. The molecule has 1 N–H and O–H groups in total. The molecule has 2 aliphatic heterocycles. The lowest BCUT2D eigenvalue weighted by atomic mass is 9.93. The molecule has 9 nitrogen and oxygen atoms in total. The predicted octanol–water partition coefficient (Wildman–Crippen LogP) is 8.13. The standard InChI is InChI=1S/C38H31F3N6O3S/c1-18-45-46-37(50-18)29-26(12-7-19-5-8-21(39)9-6-19)43-33-27-4-3-15-47(27)38(48)31(33)30(29)28-16-20-13-14-42-36(35(20)51-28)44-32-22-10-11-24(40)34(49-2)23(22)17-25(32)41/h5-6,8-11,13-14,16,25,27,32H,3-4,7,12,15,17H2,1-2H3,(H,42,44)/t25-,27?,32-/m0/s1. The fourth-order valence-corrected chi connectivity index (χ4v) is 9.04. The molecule has 0 saturated carbocycles. The van der Waals surface area contributed by atoms with E-state index in [1.165, 1.54) is 36.6 Å². The number of hydrogen-bond acceptors (Lipinski definition) is 9. The Labute approximate surface area is 294 Å². The molecular weight excluding hydrogens is 678 g/mol. The van der Waals surface area contributed by atoms with E-state index < -0.39 is 18.0 Å². The Morgan fingerprint density at radius 3 is 2.69 bits per heavy atom. The Hall–Kier alpha value is -5.30. The lowest BCUT2D eigenvalue weighted by Crippen LogP contribution is -2.22. The van der Waals surface area contributed by atoms with E-state index >= 15 is 4.39 Å². The van der Waals surface area contributed by atoms with Gasteiger partial charge in [0, 0.05) is 42.1 Å². The molecule has 3 aliphatic rings. The molecule has 0 bridgehead atoms. The predicted molar refractivity (Wildman–Crippen MR) is 186 cm³/mol. The molecule has 1 amide bonds. The lowest BCUT2D eigenvalue weighted by molar-refractivity contribution is 0.0776. The van der Waals surface area contributed by atoms with Crippen LogP contribution in [-0.2, 0) is 19.3 Å². The number of carbonyl (C=O) groups is 1. The van der Waals surface area contributed by atoms with E-state index in [1.54, 1.807) is 31.3 Å². The van der Waals surface area contributed by atoms with Crippen molar-refractivity contribution in [3.63, 3.8) is 0 Å². The van der Waals surface area contributed by atoms with Gasteiger partial charge in [-0.3, -0.25) is 9.78 Å².